The predicted molar refractivity (Wildman–Crippen MR) is 113 cm³/mol. The minimum absolute atomic E-state index is 0.0855. The van der Waals surface area contributed by atoms with E-state index >= 15 is 0 Å². The fraction of sp³-hybridized carbons (Fsp3) is 0.300. The maximum Gasteiger partial charge on any atom is 0.258 e. The normalized spacial score (nSPS) is 13.9. The second kappa shape index (κ2) is 8.21. The monoisotopic (exact) mass is 398 g/mol. The van der Waals surface area contributed by atoms with E-state index < -0.39 is 0 Å². The van der Waals surface area contributed by atoms with Crippen LogP contribution >= 0.6 is 23.6 Å². The van der Waals surface area contributed by atoms with Crippen LogP contribution < -0.4 is 10.9 Å². The maximum atomic E-state index is 12.5. The smallest absolute Gasteiger partial charge is 0.258 e. The molecule has 1 aliphatic rings. The second-order valence-corrected chi connectivity index (χ2v) is 8.15. The van der Waals surface area contributed by atoms with Crippen molar-refractivity contribution in [3.8, 4) is 0 Å². The third-order valence-corrected chi connectivity index (χ3v) is 6.01. The largest absolute Gasteiger partial charge is 0.358 e. The summed E-state index contributed by atoms with van der Waals surface area (Å²) in [6.45, 7) is 2.99. The van der Waals surface area contributed by atoms with E-state index in [1.54, 1.807) is 11.3 Å². The first-order valence-electron chi connectivity index (χ1n) is 9.09. The number of hydrogen-bond acceptors (Lipinski definition) is 5. The zero-order valence-electron chi connectivity index (χ0n) is 15.0. The topological polar surface area (TPSA) is 53.1 Å². The first-order chi connectivity index (χ1) is 13.2. The lowest BCUT2D eigenvalue weighted by Crippen LogP contribution is -2.39. The number of hydrogen-bond donors (Lipinski definition) is 2. The van der Waals surface area contributed by atoms with Crippen LogP contribution in [0.25, 0.3) is 0 Å². The zero-order valence-corrected chi connectivity index (χ0v) is 16.6. The second-order valence-electron chi connectivity index (χ2n) is 6.73. The van der Waals surface area contributed by atoms with Crippen molar-refractivity contribution in [2.75, 3.05) is 18.5 Å². The van der Waals surface area contributed by atoms with E-state index in [-0.39, 0.29) is 5.56 Å². The van der Waals surface area contributed by atoms with Gasteiger partial charge in [0.1, 0.15) is 5.82 Å². The molecule has 3 heterocycles. The van der Waals surface area contributed by atoms with Crippen LogP contribution in [-0.4, -0.2) is 27.7 Å². The molecule has 0 bridgehead atoms. The molecule has 1 aromatic carbocycles. The van der Waals surface area contributed by atoms with E-state index in [0.717, 1.165) is 37.4 Å². The summed E-state index contributed by atoms with van der Waals surface area (Å²) in [6.07, 6.45) is 2.11. The summed E-state index contributed by atoms with van der Waals surface area (Å²) in [5.74, 6) is 0.858. The van der Waals surface area contributed by atoms with E-state index in [1.165, 1.54) is 10.4 Å². The molecular formula is C20H22N4OS2. The van der Waals surface area contributed by atoms with Crippen molar-refractivity contribution in [2.24, 2.45) is 0 Å². The molecule has 5 nitrogen and oxygen atoms in total. The summed E-state index contributed by atoms with van der Waals surface area (Å²) >= 11 is 7.10. The molecule has 0 saturated heterocycles. The Hall–Kier alpha value is -2.22. The Kier molecular flexibility index (Phi) is 5.52. The van der Waals surface area contributed by atoms with E-state index in [9.17, 15) is 4.79 Å². The fourth-order valence-corrected chi connectivity index (χ4v) is 4.39. The summed E-state index contributed by atoms with van der Waals surface area (Å²) in [5, 5.41) is 5.49. The minimum Gasteiger partial charge on any atom is -0.358 e. The number of H-pyrrole nitrogens is 1. The molecule has 0 amide bonds. The number of aromatic nitrogens is 2. The van der Waals surface area contributed by atoms with Gasteiger partial charge in [-0.3, -0.25) is 19.2 Å². The lowest BCUT2D eigenvalue weighted by Gasteiger charge is -2.31. The van der Waals surface area contributed by atoms with Crippen molar-refractivity contribution in [3.05, 3.63) is 79.0 Å². The van der Waals surface area contributed by atoms with Gasteiger partial charge in [0.05, 0.1) is 18.8 Å². The Morgan fingerprint density at radius 3 is 2.78 bits per heavy atom. The maximum absolute atomic E-state index is 12.5. The summed E-state index contributed by atoms with van der Waals surface area (Å²) in [6, 6.07) is 14.6. The highest BCUT2D eigenvalue weighted by Crippen LogP contribution is 2.22. The first-order valence-corrected chi connectivity index (χ1v) is 10.4. The van der Waals surface area contributed by atoms with E-state index in [1.807, 2.05) is 16.7 Å². The van der Waals surface area contributed by atoms with Gasteiger partial charge in [0.25, 0.3) is 5.56 Å². The average Bonchev–Trinajstić information content (AvgIpc) is 3.19. The molecule has 2 N–H and O–H groups in total. The number of aromatic amines is 1. The third kappa shape index (κ3) is 4.21. The number of aryl methyl sites for hydroxylation is 1. The van der Waals surface area contributed by atoms with Gasteiger partial charge in [-0.15, -0.1) is 11.3 Å². The van der Waals surface area contributed by atoms with Crippen LogP contribution in [0.15, 0.2) is 52.6 Å². The Labute approximate surface area is 167 Å². The van der Waals surface area contributed by atoms with Crippen LogP contribution in [0.1, 0.15) is 22.4 Å². The Morgan fingerprint density at radius 2 is 2.00 bits per heavy atom. The van der Waals surface area contributed by atoms with E-state index in [0.29, 0.717) is 17.9 Å². The van der Waals surface area contributed by atoms with Gasteiger partial charge in [-0.1, -0.05) is 36.4 Å². The summed E-state index contributed by atoms with van der Waals surface area (Å²) < 4.78 is 2.47. The number of thiophene rings is 1. The standard InChI is InChI=1S/C20H22N4OS2/c25-19-17-13-23(10-4-8-15-6-2-1-3-7-15)14-21-18(17)24(20(26)22-19)12-16-9-5-11-27-16/h1-3,5-7,9,11,21H,4,8,10,12-14H2,(H,22,25,26). The highest BCUT2D eigenvalue weighted by molar-refractivity contribution is 7.71. The van der Waals surface area contributed by atoms with Crippen molar-refractivity contribution in [3.63, 3.8) is 0 Å². The molecule has 27 heavy (non-hydrogen) atoms. The number of benzene rings is 1. The molecule has 0 atom stereocenters. The van der Waals surface area contributed by atoms with E-state index in [4.69, 9.17) is 12.2 Å². The van der Waals surface area contributed by atoms with Gasteiger partial charge < -0.3 is 5.32 Å². The summed E-state index contributed by atoms with van der Waals surface area (Å²) in [5.41, 5.74) is 2.04. The third-order valence-electron chi connectivity index (χ3n) is 4.82. The average molecular weight is 399 g/mol. The summed E-state index contributed by atoms with van der Waals surface area (Å²) in [4.78, 5) is 18.8. The van der Waals surface area contributed by atoms with Crippen LogP contribution in [0.2, 0.25) is 0 Å². The number of nitrogens with one attached hydrogen (secondary N) is 2. The molecule has 2 aromatic heterocycles. The molecule has 7 heteroatoms. The number of nitrogens with zero attached hydrogens (tertiary/aromatic N) is 2. The number of fused-ring (bicyclic) bond motifs is 1. The fourth-order valence-electron chi connectivity index (χ4n) is 3.45. The predicted octanol–water partition coefficient (Wildman–Crippen LogP) is 3.83. The quantitative estimate of drug-likeness (QED) is 0.620. The number of rotatable bonds is 6. The highest BCUT2D eigenvalue weighted by atomic mass is 32.1. The Balaban J connectivity index is 1.47. The van der Waals surface area contributed by atoms with Crippen LogP contribution in [-0.2, 0) is 19.5 Å². The molecule has 0 unspecified atom stereocenters. The van der Waals surface area contributed by atoms with Gasteiger partial charge in [-0.2, -0.15) is 0 Å². The van der Waals surface area contributed by atoms with Crippen molar-refractivity contribution in [1.29, 1.82) is 0 Å². The van der Waals surface area contributed by atoms with Crippen molar-refractivity contribution < 1.29 is 0 Å². The number of anilines is 1. The lowest BCUT2D eigenvalue weighted by molar-refractivity contribution is 0.268. The molecule has 3 aromatic rings. The SMILES string of the molecule is O=c1[nH]c(=S)n(Cc2cccs2)c2c1CN(CCCc1ccccc1)CN2. The van der Waals surface area contributed by atoms with Crippen LogP contribution in [0.4, 0.5) is 5.82 Å². The first kappa shape index (κ1) is 18.2. The van der Waals surface area contributed by atoms with Gasteiger partial charge in [-0.25, -0.2) is 0 Å². The molecule has 0 fully saturated rings. The molecule has 0 saturated carbocycles. The molecule has 1 aliphatic heterocycles. The highest BCUT2D eigenvalue weighted by Gasteiger charge is 2.21. The van der Waals surface area contributed by atoms with Crippen LogP contribution in [0.5, 0.6) is 0 Å². The van der Waals surface area contributed by atoms with Gasteiger partial charge in [0.15, 0.2) is 4.77 Å². The molecule has 140 valence electrons. The van der Waals surface area contributed by atoms with Gasteiger partial charge >= 0.3 is 0 Å². The lowest BCUT2D eigenvalue weighted by atomic mass is 10.1. The molecule has 0 aliphatic carbocycles. The summed E-state index contributed by atoms with van der Waals surface area (Å²) in [7, 11) is 0. The van der Waals surface area contributed by atoms with Crippen LogP contribution in [0.3, 0.4) is 0 Å². The van der Waals surface area contributed by atoms with E-state index in [2.05, 4.69) is 50.9 Å². The van der Waals surface area contributed by atoms with Crippen molar-refractivity contribution in [2.45, 2.75) is 25.9 Å². The minimum atomic E-state index is -0.0855. The van der Waals surface area contributed by atoms with Crippen molar-refractivity contribution in [1.82, 2.24) is 14.5 Å². The molecule has 0 radical (unpaired) electrons. The Bertz CT molecular complexity index is 1010. The molecule has 0 spiro atoms. The zero-order chi connectivity index (χ0) is 18.6. The van der Waals surface area contributed by atoms with Gasteiger partial charge in [-0.05, 0) is 42.1 Å². The van der Waals surface area contributed by atoms with Gasteiger partial charge in [0, 0.05) is 18.0 Å². The Morgan fingerprint density at radius 1 is 1.15 bits per heavy atom. The van der Waals surface area contributed by atoms with Gasteiger partial charge in [0.2, 0.25) is 0 Å². The van der Waals surface area contributed by atoms with Crippen molar-refractivity contribution >= 4 is 29.4 Å². The molecule has 4 rings (SSSR count). The molecular weight excluding hydrogens is 376 g/mol. The van der Waals surface area contributed by atoms with Crippen LogP contribution in [0, 0.1) is 4.77 Å².